The van der Waals surface area contributed by atoms with E-state index in [2.05, 4.69) is 20.0 Å². The molecule has 3 heterocycles. The van der Waals surface area contributed by atoms with Crippen molar-refractivity contribution in [2.45, 2.75) is 32.2 Å². The Kier molecular flexibility index (Phi) is 4.51. The first-order valence-electron chi connectivity index (χ1n) is 9.11. The molecule has 0 saturated carbocycles. The van der Waals surface area contributed by atoms with Crippen LogP contribution in [0.1, 0.15) is 25.6 Å². The van der Waals surface area contributed by atoms with Crippen molar-refractivity contribution < 1.29 is 4.79 Å². The number of Topliss-reactive ketones (excluding diaryl/α,β-unsaturated/α-hetero) is 1. The van der Waals surface area contributed by atoms with Crippen molar-refractivity contribution in [3.8, 4) is 11.1 Å². The van der Waals surface area contributed by atoms with E-state index in [-0.39, 0.29) is 18.2 Å². The van der Waals surface area contributed by atoms with Crippen molar-refractivity contribution in [2.75, 3.05) is 13.1 Å². The second kappa shape index (κ2) is 6.96. The molecule has 3 aromatic rings. The maximum absolute atomic E-state index is 12.6. The Labute approximate surface area is 152 Å². The fourth-order valence-corrected chi connectivity index (χ4v) is 3.53. The topological polar surface area (TPSA) is 63.9 Å². The molecule has 134 valence electrons. The molecule has 6 nitrogen and oxygen atoms in total. The molecule has 26 heavy (non-hydrogen) atoms. The molecule has 1 aliphatic heterocycles. The summed E-state index contributed by atoms with van der Waals surface area (Å²) in [6.45, 7) is 4.02. The summed E-state index contributed by atoms with van der Waals surface area (Å²) in [6.07, 6.45) is 8.26. The molecule has 1 aromatic carbocycles. The standard InChI is InChI=1S/C20H23N5O/c1-14(25-7-3-4-8-25)19(26)10-20-21-11-16-6-5-15(9-18(16)23-20)17-12-22-24(2)13-17/h5-6,9,11-14H,3-4,7-8,10H2,1-2H3. The van der Waals surface area contributed by atoms with Crippen molar-refractivity contribution in [3.05, 3.63) is 42.6 Å². The molecule has 0 radical (unpaired) electrons. The first-order chi connectivity index (χ1) is 12.6. The zero-order valence-corrected chi connectivity index (χ0v) is 15.2. The Bertz CT molecular complexity index is 942. The van der Waals surface area contributed by atoms with Crippen LogP contribution in [0, 0.1) is 0 Å². The highest BCUT2D eigenvalue weighted by Gasteiger charge is 2.24. The van der Waals surface area contributed by atoms with Gasteiger partial charge in [0.15, 0.2) is 5.78 Å². The van der Waals surface area contributed by atoms with E-state index < -0.39 is 0 Å². The number of carbonyl (C=O) groups is 1. The number of benzene rings is 1. The molecule has 4 rings (SSSR count). The second-order valence-electron chi connectivity index (χ2n) is 7.02. The number of aromatic nitrogens is 4. The van der Waals surface area contributed by atoms with Crippen molar-refractivity contribution >= 4 is 16.7 Å². The molecule has 1 saturated heterocycles. The number of nitrogens with zero attached hydrogens (tertiary/aromatic N) is 5. The molecular weight excluding hydrogens is 326 g/mol. The molecule has 0 bridgehead atoms. The summed E-state index contributed by atoms with van der Waals surface area (Å²) in [4.78, 5) is 23.9. The summed E-state index contributed by atoms with van der Waals surface area (Å²) in [7, 11) is 1.90. The Morgan fingerprint density at radius 1 is 1.19 bits per heavy atom. The third-order valence-corrected chi connectivity index (χ3v) is 5.16. The van der Waals surface area contributed by atoms with E-state index in [0.717, 1.165) is 35.1 Å². The van der Waals surface area contributed by atoms with E-state index in [9.17, 15) is 4.79 Å². The van der Waals surface area contributed by atoms with Gasteiger partial charge in [-0.05, 0) is 44.5 Å². The summed E-state index contributed by atoms with van der Waals surface area (Å²) in [6, 6.07) is 6.03. The lowest BCUT2D eigenvalue weighted by atomic mass is 10.1. The van der Waals surface area contributed by atoms with Crippen LogP contribution in [0.3, 0.4) is 0 Å². The van der Waals surface area contributed by atoms with E-state index >= 15 is 0 Å². The van der Waals surface area contributed by atoms with Gasteiger partial charge in [0.1, 0.15) is 5.82 Å². The molecule has 1 fully saturated rings. The quantitative estimate of drug-likeness (QED) is 0.708. The van der Waals surface area contributed by atoms with Crippen LogP contribution < -0.4 is 0 Å². The number of aryl methyl sites for hydroxylation is 1. The highest BCUT2D eigenvalue weighted by atomic mass is 16.1. The van der Waals surface area contributed by atoms with Crippen LogP contribution in [0.15, 0.2) is 36.8 Å². The van der Waals surface area contributed by atoms with Crippen molar-refractivity contribution in [2.24, 2.45) is 7.05 Å². The zero-order chi connectivity index (χ0) is 18.1. The first kappa shape index (κ1) is 16.8. The van der Waals surface area contributed by atoms with E-state index in [1.807, 2.05) is 44.6 Å². The van der Waals surface area contributed by atoms with Crippen molar-refractivity contribution in [1.82, 2.24) is 24.6 Å². The number of likely N-dealkylation sites (tertiary alicyclic amines) is 1. The van der Waals surface area contributed by atoms with E-state index in [4.69, 9.17) is 0 Å². The fourth-order valence-electron chi connectivity index (χ4n) is 3.53. The van der Waals surface area contributed by atoms with E-state index in [0.29, 0.717) is 5.82 Å². The van der Waals surface area contributed by atoms with Gasteiger partial charge in [-0.25, -0.2) is 9.97 Å². The largest absolute Gasteiger partial charge is 0.297 e. The van der Waals surface area contributed by atoms with Crippen LogP contribution in [0.2, 0.25) is 0 Å². The van der Waals surface area contributed by atoms with Crippen molar-refractivity contribution in [1.29, 1.82) is 0 Å². The van der Waals surface area contributed by atoms with Crippen LogP contribution in [0.25, 0.3) is 22.0 Å². The minimum atomic E-state index is -0.0569. The highest BCUT2D eigenvalue weighted by molar-refractivity contribution is 5.86. The van der Waals surface area contributed by atoms with Gasteiger partial charge in [-0.2, -0.15) is 5.10 Å². The summed E-state index contributed by atoms with van der Waals surface area (Å²) < 4.78 is 1.78. The summed E-state index contributed by atoms with van der Waals surface area (Å²) in [5.74, 6) is 0.784. The SMILES string of the molecule is CC(C(=O)Cc1ncc2ccc(-c3cnn(C)c3)cc2n1)N1CCCC1. The molecule has 1 aliphatic rings. The van der Waals surface area contributed by atoms with Crippen LogP contribution in [0.4, 0.5) is 0 Å². The lowest BCUT2D eigenvalue weighted by molar-refractivity contribution is -0.122. The van der Waals surface area contributed by atoms with Crippen LogP contribution in [-0.4, -0.2) is 49.6 Å². The van der Waals surface area contributed by atoms with Gasteiger partial charge in [0.2, 0.25) is 0 Å². The second-order valence-corrected chi connectivity index (χ2v) is 7.02. The predicted molar refractivity (Wildman–Crippen MR) is 101 cm³/mol. The smallest absolute Gasteiger partial charge is 0.157 e. The van der Waals surface area contributed by atoms with Gasteiger partial charge < -0.3 is 0 Å². The third kappa shape index (κ3) is 3.37. The summed E-state index contributed by atoms with van der Waals surface area (Å²) in [5.41, 5.74) is 2.97. The monoisotopic (exact) mass is 349 g/mol. The number of fused-ring (bicyclic) bond motifs is 1. The van der Waals surface area contributed by atoms with Gasteiger partial charge in [-0.1, -0.05) is 12.1 Å². The molecule has 0 amide bonds. The maximum Gasteiger partial charge on any atom is 0.157 e. The van der Waals surface area contributed by atoms with Gasteiger partial charge in [0, 0.05) is 30.4 Å². The average molecular weight is 349 g/mol. The number of rotatable bonds is 5. The van der Waals surface area contributed by atoms with Gasteiger partial charge in [-0.15, -0.1) is 0 Å². The predicted octanol–water partition coefficient (Wildman–Crippen LogP) is 2.63. The molecule has 0 spiro atoms. The van der Waals surface area contributed by atoms with Gasteiger partial charge in [0.05, 0.1) is 24.2 Å². The van der Waals surface area contributed by atoms with Gasteiger partial charge in [-0.3, -0.25) is 14.4 Å². The molecule has 2 aromatic heterocycles. The van der Waals surface area contributed by atoms with Crippen molar-refractivity contribution in [3.63, 3.8) is 0 Å². The number of carbonyl (C=O) groups excluding carboxylic acids is 1. The van der Waals surface area contributed by atoms with Crippen LogP contribution in [-0.2, 0) is 18.3 Å². The first-order valence-corrected chi connectivity index (χ1v) is 9.11. The van der Waals surface area contributed by atoms with E-state index in [1.165, 1.54) is 12.8 Å². The van der Waals surface area contributed by atoms with E-state index in [1.54, 1.807) is 10.9 Å². The summed E-state index contributed by atoms with van der Waals surface area (Å²) in [5, 5.41) is 5.20. The third-order valence-electron chi connectivity index (χ3n) is 5.16. The minimum absolute atomic E-state index is 0.0569. The van der Waals surface area contributed by atoms with Crippen LogP contribution in [0.5, 0.6) is 0 Å². The molecule has 6 heteroatoms. The fraction of sp³-hybridized carbons (Fsp3) is 0.400. The van der Waals surface area contributed by atoms with Gasteiger partial charge in [0.25, 0.3) is 0 Å². The normalized spacial score (nSPS) is 16.2. The maximum atomic E-state index is 12.6. The highest BCUT2D eigenvalue weighted by Crippen LogP contribution is 2.23. The molecule has 1 unspecified atom stereocenters. The number of hydrogen-bond donors (Lipinski definition) is 0. The van der Waals surface area contributed by atoms with Crippen LogP contribution >= 0.6 is 0 Å². The average Bonchev–Trinajstić information content (AvgIpc) is 3.32. The van der Waals surface area contributed by atoms with Gasteiger partial charge >= 0.3 is 0 Å². The Morgan fingerprint density at radius 2 is 2.00 bits per heavy atom. The Balaban J connectivity index is 1.57. The molecular formula is C20H23N5O. The summed E-state index contributed by atoms with van der Waals surface area (Å²) >= 11 is 0. The minimum Gasteiger partial charge on any atom is -0.297 e. The Hall–Kier alpha value is -2.60. The zero-order valence-electron chi connectivity index (χ0n) is 15.2. The lowest BCUT2D eigenvalue weighted by Crippen LogP contribution is -2.37. The molecule has 0 aliphatic carbocycles. The Morgan fingerprint density at radius 3 is 2.73 bits per heavy atom. The lowest BCUT2D eigenvalue weighted by Gasteiger charge is -2.22. The number of ketones is 1. The molecule has 1 atom stereocenters. The number of hydrogen-bond acceptors (Lipinski definition) is 5. The molecule has 0 N–H and O–H groups in total.